The fourth-order valence-electron chi connectivity index (χ4n) is 4.31. The molecule has 0 atom stereocenters. The molecule has 2 aliphatic heterocycles. The van der Waals surface area contributed by atoms with Crippen LogP contribution in [-0.4, -0.2) is 29.0 Å². The van der Waals surface area contributed by atoms with E-state index in [1.807, 2.05) is 25.1 Å². The number of nitrogens with one attached hydrogen (secondary N) is 1. The van der Waals surface area contributed by atoms with E-state index >= 15 is 0 Å². The van der Waals surface area contributed by atoms with E-state index in [1.54, 1.807) is 0 Å². The van der Waals surface area contributed by atoms with Crippen molar-refractivity contribution in [3.63, 3.8) is 0 Å². The van der Waals surface area contributed by atoms with Crippen molar-refractivity contribution in [3.8, 4) is 0 Å². The number of fused-ring (bicyclic) bond motifs is 2. The maximum atomic E-state index is 12.7. The molecule has 1 aromatic heterocycles. The minimum atomic E-state index is -0.367. The van der Waals surface area contributed by atoms with Crippen molar-refractivity contribution in [2.75, 3.05) is 23.3 Å². The Labute approximate surface area is 147 Å². The van der Waals surface area contributed by atoms with Crippen LogP contribution >= 0.6 is 0 Å². The zero-order valence-electron chi connectivity index (χ0n) is 14.5. The molecule has 1 spiro atoms. The van der Waals surface area contributed by atoms with Gasteiger partial charge in [-0.15, -0.1) is 0 Å². The third-order valence-electron chi connectivity index (χ3n) is 5.91. The van der Waals surface area contributed by atoms with Crippen LogP contribution in [0.3, 0.4) is 0 Å². The summed E-state index contributed by atoms with van der Waals surface area (Å²) >= 11 is 0. The molecule has 3 heterocycles. The molecule has 1 amide bonds. The van der Waals surface area contributed by atoms with E-state index < -0.39 is 0 Å². The van der Waals surface area contributed by atoms with Gasteiger partial charge in [0.1, 0.15) is 11.6 Å². The third-order valence-corrected chi connectivity index (χ3v) is 5.91. The number of nitrogens with zero attached hydrogens (tertiary/aromatic N) is 3. The fourth-order valence-corrected chi connectivity index (χ4v) is 4.31. The van der Waals surface area contributed by atoms with Crippen molar-refractivity contribution in [2.45, 2.75) is 43.9 Å². The molecule has 5 rings (SSSR count). The van der Waals surface area contributed by atoms with Crippen molar-refractivity contribution in [3.05, 3.63) is 47.4 Å². The number of carbonyl (C=O) groups is 1. The highest BCUT2D eigenvalue weighted by Crippen LogP contribution is 2.45. The number of aromatic nitrogens is 2. The highest BCUT2D eigenvalue weighted by atomic mass is 16.2. The Kier molecular flexibility index (Phi) is 3.14. The third kappa shape index (κ3) is 2.33. The fraction of sp³-hybridized carbons (Fsp3) is 0.450. The molecule has 25 heavy (non-hydrogen) atoms. The average Bonchev–Trinajstić information content (AvgIpc) is 3.43. The summed E-state index contributed by atoms with van der Waals surface area (Å²) in [5, 5.41) is 3.07. The van der Waals surface area contributed by atoms with Gasteiger partial charge in [-0.25, -0.2) is 9.97 Å². The molecule has 0 bridgehead atoms. The van der Waals surface area contributed by atoms with Gasteiger partial charge in [0, 0.05) is 36.5 Å². The molecule has 1 N–H and O–H groups in total. The largest absolute Gasteiger partial charge is 0.356 e. The van der Waals surface area contributed by atoms with Crippen molar-refractivity contribution in [1.82, 2.24) is 9.97 Å². The lowest BCUT2D eigenvalue weighted by Crippen LogP contribution is -2.46. The average molecular weight is 334 g/mol. The minimum absolute atomic E-state index is 0.158. The number of carbonyl (C=O) groups excluding carboxylic acids is 1. The molecule has 0 unspecified atom stereocenters. The normalized spacial score (nSPS) is 21.3. The lowest BCUT2D eigenvalue weighted by atomic mass is 9.73. The van der Waals surface area contributed by atoms with Gasteiger partial charge in [-0.1, -0.05) is 18.2 Å². The van der Waals surface area contributed by atoms with Crippen LogP contribution in [0.5, 0.6) is 0 Å². The Morgan fingerprint density at radius 1 is 1.16 bits per heavy atom. The number of hydrogen-bond acceptors (Lipinski definition) is 4. The second kappa shape index (κ2) is 5.28. The van der Waals surface area contributed by atoms with Crippen LogP contribution in [0.4, 0.5) is 11.5 Å². The van der Waals surface area contributed by atoms with Gasteiger partial charge in [-0.05, 0) is 44.2 Å². The summed E-state index contributed by atoms with van der Waals surface area (Å²) in [6.07, 6.45) is 4.15. The molecule has 5 heteroatoms. The first kappa shape index (κ1) is 14.9. The predicted molar refractivity (Wildman–Crippen MR) is 96.9 cm³/mol. The summed E-state index contributed by atoms with van der Waals surface area (Å²) in [5.41, 5.74) is 2.97. The molecule has 3 aliphatic rings. The van der Waals surface area contributed by atoms with Crippen LogP contribution in [0.1, 0.15) is 48.7 Å². The number of para-hydroxylation sites is 1. The van der Waals surface area contributed by atoms with Gasteiger partial charge in [0.05, 0.1) is 5.41 Å². The first-order chi connectivity index (χ1) is 12.2. The summed E-state index contributed by atoms with van der Waals surface area (Å²) < 4.78 is 0. The van der Waals surface area contributed by atoms with Gasteiger partial charge in [0.2, 0.25) is 5.91 Å². The first-order valence-electron chi connectivity index (χ1n) is 9.17. The van der Waals surface area contributed by atoms with Crippen LogP contribution in [0.15, 0.2) is 30.3 Å². The SMILES string of the molecule is Cc1nc(C2CC2)cc(N2CCC3(CC2)C(=O)Nc2ccccc23)n1. The second-order valence-corrected chi connectivity index (χ2v) is 7.54. The lowest BCUT2D eigenvalue weighted by molar-refractivity contribution is -0.121. The quantitative estimate of drug-likeness (QED) is 0.916. The molecule has 1 saturated carbocycles. The topological polar surface area (TPSA) is 58.1 Å². The van der Waals surface area contributed by atoms with E-state index in [0.717, 1.165) is 48.8 Å². The summed E-state index contributed by atoms with van der Waals surface area (Å²) in [6, 6.07) is 10.3. The van der Waals surface area contributed by atoms with Crippen molar-refractivity contribution >= 4 is 17.4 Å². The lowest BCUT2D eigenvalue weighted by Gasteiger charge is -2.38. The molecule has 1 aromatic carbocycles. The van der Waals surface area contributed by atoms with Gasteiger partial charge < -0.3 is 10.2 Å². The van der Waals surface area contributed by atoms with Gasteiger partial charge in [-0.2, -0.15) is 0 Å². The van der Waals surface area contributed by atoms with E-state index in [-0.39, 0.29) is 11.3 Å². The molecule has 128 valence electrons. The van der Waals surface area contributed by atoms with Crippen LogP contribution in [-0.2, 0) is 10.2 Å². The van der Waals surface area contributed by atoms with Crippen LogP contribution in [0.2, 0.25) is 0 Å². The molecule has 5 nitrogen and oxygen atoms in total. The number of amides is 1. The Balaban J connectivity index is 1.41. The van der Waals surface area contributed by atoms with Crippen molar-refractivity contribution in [1.29, 1.82) is 0 Å². The number of anilines is 2. The molecule has 2 aromatic rings. The van der Waals surface area contributed by atoms with Crippen molar-refractivity contribution < 1.29 is 4.79 Å². The van der Waals surface area contributed by atoms with Gasteiger partial charge in [-0.3, -0.25) is 4.79 Å². The minimum Gasteiger partial charge on any atom is -0.356 e. The van der Waals surface area contributed by atoms with Crippen molar-refractivity contribution in [2.24, 2.45) is 0 Å². The second-order valence-electron chi connectivity index (χ2n) is 7.54. The number of hydrogen-bond donors (Lipinski definition) is 1. The number of piperidine rings is 1. The number of rotatable bonds is 2. The van der Waals surface area contributed by atoms with Gasteiger partial charge in [0.25, 0.3) is 0 Å². The summed E-state index contributed by atoms with van der Waals surface area (Å²) in [6.45, 7) is 3.67. The Hall–Kier alpha value is -2.43. The van der Waals surface area contributed by atoms with Gasteiger partial charge >= 0.3 is 0 Å². The van der Waals surface area contributed by atoms with E-state index in [9.17, 15) is 4.79 Å². The molecule has 1 saturated heterocycles. The molecular formula is C20H22N4O. The summed E-state index contributed by atoms with van der Waals surface area (Å²) in [7, 11) is 0. The Morgan fingerprint density at radius 2 is 1.92 bits per heavy atom. The predicted octanol–water partition coefficient (Wildman–Crippen LogP) is 3.15. The monoisotopic (exact) mass is 334 g/mol. The van der Waals surface area contributed by atoms with E-state index in [1.165, 1.54) is 18.5 Å². The molecule has 2 fully saturated rings. The Morgan fingerprint density at radius 3 is 2.68 bits per heavy atom. The van der Waals surface area contributed by atoms with Gasteiger partial charge in [0.15, 0.2) is 0 Å². The molecular weight excluding hydrogens is 312 g/mol. The van der Waals surface area contributed by atoms with E-state index in [2.05, 4.69) is 32.3 Å². The zero-order chi connectivity index (χ0) is 17.0. The van der Waals surface area contributed by atoms with Crippen LogP contribution < -0.4 is 10.2 Å². The number of benzene rings is 1. The maximum Gasteiger partial charge on any atom is 0.235 e. The highest BCUT2D eigenvalue weighted by Gasteiger charge is 2.48. The zero-order valence-corrected chi connectivity index (χ0v) is 14.5. The molecule has 1 aliphatic carbocycles. The maximum absolute atomic E-state index is 12.7. The molecule has 0 radical (unpaired) electrons. The number of aryl methyl sites for hydroxylation is 1. The van der Waals surface area contributed by atoms with E-state index in [0.29, 0.717) is 5.92 Å². The standard InChI is InChI=1S/C20H22N4O/c1-13-21-17(14-6-7-14)12-18(22-13)24-10-8-20(9-11-24)15-4-2-3-5-16(15)23-19(20)25/h2-5,12,14H,6-11H2,1H3,(H,23,25). The highest BCUT2D eigenvalue weighted by molar-refractivity contribution is 6.06. The summed E-state index contributed by atoms with van der Waals surface area (Å²) in [4.78, 5) is 24.3. The van der Waals surface area contributed by atoms with Crippen LogP contribution in [0.25, 0.3) is 0 Å². The smallest absolute Gasteiger partial charge is 0.235 e. The van der Waals surface area contributed by atoms with Crippen LogP contribution in [0, 0.1) is 6.92 Å². The summed E-state index contributed by atoms with van der Waals surface area (Å²) in [5.74, 6) is 2.66. The Bertz CT molecular complexity index is 851. The van der Waals surface area contributed by atoms with E-state index in [4.69, 9.17) is 0 Å². The first-order valence-corrected chi connectivity index (χ1v) is 9.17.